The number of hydrogen-bond acceptors (Lipinski definition) is 3. The molecular formula is C14H24N2O. The van der Waals surface area contributed by atoms with Gasteiger partial charge in [-0.3, -0.25) is 4.98 Å². The van der Waals surface area contributed by atoms with Crippen molar-refractivity contribution < 1.29 is 5.11 Å². The quantitative estimate of drug-likeness (QED) is 0.825. The predicted octanol–water partition coefficient (Wildman–Crippen LogP) is 2.53. The van der Waals surface area contributed by atoms with Crippen molar-refractivity contribution in [2.75, 3.05) is 6.61 Å². The van der Waals surface area contributed by atoms with Gasteiger partial charge in [0.1, 0.15) is 0 Å². The highest BCUT2D eigenvalue weighted by Crippen LogP contribution is 2.22. The Balaban J connectivity index is 2.57. The van der Waals surface area contributed by atoms with Gasteiger partial charge in [0.05, 0.1) is 6.61 Å². The molecule has 0 aliphatic carbocycles. The Bertz CT molecular complexity index is 319. The highest BCUT2D eigenvalue weighted by atomic mass is 16.3. The lowest BCUT2D eigenvalue weighted by atomic mass is 9.88. The topological polar surface area (TPSA) is 45.1 Å². The van der Waals surface area contributed by atoms with Gasteiger partial charge >= 0.3 is 0 Å². The third-order valence-corrected chi connectivity index (χ3v) is 2.77. The molecule has 0 bridgehead atoms. The van der Waals surface area contributed by atoms with Gasteiger partial charge in [0, 0.05) is 24.5 Å². The fraction of sp³-hybridized carbons (Fsp3) is 0.643. The van der Waals surface area contributed by atoms with Gasteiger partial charge in [-0.25, -0.2) is 0 Å². The van der Waals surface area contributed by atoms with E-state index in [4.69, 9.17) is 0 Å². The third kappa shape index (κ3) is 5.29. The number of nitrogens with zero attached hydrogens (tertiary/aromatic N) is 1. The minimum atomic E-state index is 0.137. The summed E-state index contributed by atoms with van der Waals surface area (Å²) >= 11 is 0. The van der Waals surface area contributed by atoms with E-state index in [0.29, 0.717) is 0 Å². The second kappa shape index (κ2) is 6.12. The molecule has 0 fully saturated rings. The summed E-state index contributed by atoms with van der Waals surface area (Å²) in [7, 11) is 0. The SMILES string of the molecule is CC(NC(CO)CC(C)(C)C)c1ccncc1. The van der Waals surface area contributed by atoms with Gasteiger partial charge in [-0.1, -0.05) is 20.8 Å². The predicted molar refractivity (Wildman–Crippen MR) is 70.7 cm³/mol. The van der Waals surface area contributed by atoms with Crippen molar-refractivity contribution in [1.29, 1.82) is 0 Å². The molecule has 2 atom stereocenters. The lowest BCUT2D eigenvalue weighted by molar-refractivity contribution is 0.190. The fourth-order valence-electron chi connectivity index (χ4n) is 2.02. The van der Waals surface area contributed by atoms with E-state index >= 15 is 0 Å². The van der Waals surface area contributed by atoms with Crippen LogP contribution < -0.4 is 5.32 Å². The summed E-state index contributed by atoms with van der Waals surface area (Å²) in [5.41, 5.74) is 1.42. The minimum Gasteiger partial charge on any atom is -0.395 e. The molecule has 0 radical (unpaired) electrons. The third-order valence-electron chi connectivity index (χ3n) is 2.77. The van der Waals surface area contributed by atoms with Gasteiger partial charge in [-0.15, -0.1) is 0 Å². The van der Waals surface area contributed by atoms with Gasteiger partial charge in [-0.2, -0.15) is 0 Å². The summed E-state index contributed by atoms with van der Waals surface area (Å²) in [6, 6.07) is 4.38. The van der Waals surface area contributed by atoms with Gasteiger partial charge in [0.25, 0.3) is 0 Å². The number of hydrogen-bond donors (Lipinski definition) is 2. The molecule has 2 N–H and O–H groups in total. The number of nitrogens with one attached hydrogen (secondary N) is 1. The molecule has 17 heavy (non-hydrogen) atoms. The maximum atomic E-state index is 9.41. The zero-order chi connectivity index (χ0) is 12.9. The van der Waals surface area contributed by atoms with Crippen LogP contribution in [0.4, 0.5) is 0 Å². The van der Waals surface area contributed by atoms with E-state index in [1.807, 2.05) is 12.1 Å². The van der Waals surface area contributed by atoms with Gasteiger partial charge in [-0.05, 0) is 36.5 Å². The van der Waals surface area contributed by atoms with Crippen molar-refractivity contribution in [1.82, 2.24) is 10.3 Å². The molecule has 0 saturated heterocycles. The van der Waals surface area contributed by atoms with Crippen molar-refractivity contribution in [3.63, 3.8) is 0 Å². The van der Waals surface area contributed by atoms with Crippen LogP contribution in [0.2, 0.25) is 0 Å². The van der Waals surface area contributed by atoms with Crippen LogP contribution in [-0.4, -0.2) is 22.7 Å². The average molecular weight is 236 g/mol. The van der Waals surface area contributed by atoms with Crippen molar-refractivity contribution in [2.24, 2.45) is 5.41 Å². The summed E-state index contributed by atoms with van der Waals surface area (Å²) in [6.45, 7) is 8.85. The second-order valence-corrected chi connectivity index (χ2v) is 5.81. The van der Waals surface area contributed by atoms with Crippen LogP contribution in [0.15, 0.2) is 24.5 Å². The van der Waals surface area contributed by atoms with Crippen LogP contribution in [0.5, 0.6) is 0 Å². The zero-order valence-electron chi connectivity index (χ0n) is 11.3. The molecule has 0 spiro atoms. The molecule has 1 rings (SSSR count). The van der Waals surface area contributed by atoms with E-state index in [9.17, 15) is 5.11 Å². The molecule has 1 aromatic heterocycles. The Morgan fingerprint density at radius 3 is 2.35 bits per heavy atom. The second-order valence-electron chi connectivity index (χ2n) is 5.81. The first-order chi connectivity index (χ1) is 7.92. The minimum absolute atomic E-state index is 0.137. The van der Waals surface area contributed by atoms with E-state index in [1.54, 1.807) is 12.4 Å². The summed E-state index contributed by atoms with van der Waals surface area (Å²) in [4.78, 5) is 4.01. The average Bonchev–Trinajstić information content (AvgIpc) is 2.27. The first-order valence-corrected chi connectivity index (χ1v) is 6.19. The Morgan fingerprint density at radius 1 is 1.29 bits per heavy atom. The molecule has 3 nitrogen and oxygen atoms in total. The van der Waals surface area contributed by atoms with Crippen molar-refractivity contribution in [3.8, 4) is 0 Å². The van der Waals surface area contributed by atoms with Gasteiger partial charge in [0.15, 0.2) is 0 Å². The molecule has 1 aromatic rings. The molecule has 0 aliphatic heterocycles. The maximum absolute atomic E-state index is 9.41. The van der Waals surface area contributed by atoms with E-state index in [2.05, 4.69) is 38.0 Å². The largest absolute Gasteiger partial charge is 0.395 e. The molecule has 96 valence electrons. The van der Waals surface area contributed by atoms with Crippen molar-refractivity contribution >= 4 is 0 Å². The lowest BCUT2D eigenvalue weighted by Gasteiger charge is -2.28. The number of pyridine rings is 1. The smallest absolute Gasteiger partial charge is 0.0585 e. The Kier molecular flexibility index (Phi) is 5.09. The van der Waals surface area contributed by atoms with Crippen LogP contribution >= 0.6 is 0 Å². The molecule has 0 saturated carbocycles. The van der Waals surface area contributed by atoms with Crippen LogP contribution in [0, 0.1) is 5.41 Å². The first-order valence-electron chi connectivity index (χ1n) is 6.19. The zero-order valence-corrected chi connectivity index (χ0v) is 11.3. The molecule has 1 heterocycles. The normalized spacial score (nSPS) is 15.6. The molecule has 3 heteroatoms. The van der Waals surface area contributed by atoms with Crippen LogP contribution in [0.1, 0.15) is 45.7 Å². The fourth-order valence-corrected chi connectivity index (χ4v) is 2.02. The van der Waals surface area contributed by atoms with Gasteiger partial charge < -0.3 is 10.4 Å². The summed E-state index contributed by atoms with van der Waals surface area (Å²) in [5, 5.41) is 12.9. The number of aliphatic hydroxyl groups excluding tert-OH is 1. The molecule has 0 amide bonds. The number of rotatable bonds is 5. The van der Waals surface area contributed by atoms with Crippen molar-refractivity contribution in [3.05, 3.63) is 30.1 Å². The van der Waals surface area contributed by atoms with E-state index in [0.717, 1.165) is 6.42 Å². The van der Waals surface area contributed by atoms with Crippen LogP contribution in [0.25, 0.3) is 0 Å². The summed E-state index contributed by atoms with van der Waals surface area (Å²) in [6.07, 6.45) is 4.55. The van der Waals surface area contributed by atoms with Gasteiger partial charge in [0.2, 0.25) is 0 Å². The number of aliphatic hydroxyl groups is 1. The summed E-state index contributed by atoms with van der Waals surface area (Å²) < 4.78 is 0. The monoisotopic (exact) mass is 236 g/mol. The van der Waals surface area contributed by atoms with E-state index < -0.39 is 0 Å². The van der Waals surface area contributed by atoms with Crippen LogP contribution in [-0.2, 0) is 0 Å². The maximum Gasteiger partial charge on any atom is 0.0585 e. The standard InChI is InChI=1S/C14H24N2O/c1-11(12-5-7-15-8-6-12)16-13(10-17)9-14(2,3)4/h5-8,11,13,16-17H,9-10H2,1-4H3. The van der Waals surface area contributed by atoms with E-state index in [1.165, 1.54) is 5.56 Å². The molecule has 2 unspecified atom stereocenters. The molecular weight excluding hydrogens is 212 g/mol. The molecule has 0 aliphatic rings. The Morgan fingerprint density at radius 2 is 1.88 bits per heavy atom. The van der Waals surface area contributed by atoms with E-state index in [-0.39, 0.29) is 24.1 Å². The Hall–Kier alpha value is -0.930. The first kappa shape index (κ1) is 14.1. The van der Waals surface area contributed by atoms with Crippen molar-refractivity contribution in [2.45, 2.75) is 46.2 Å². The number of aromatic nitrogens is 1. The highest BCUT2D eigenvalue weighted by Gasteiger charge is 2.19. The van der Waals surface area contributed by atoms with Crippen LogP contribution in [0.3, 0.4) is 0 Å². The molecule has 0 aromatic carbocycles. The summed E-state index contributed by atoms with van der Waals surface area (Å²) in [5.74, 6) is 0. The Labute approximate surface area is 104 Å². The lowest BCUT2D eigenvalue weighted by Crippen LogP contribution is -2.37. The highest BCUT2D eigenvalue weighted by molar-refractivity contribution is 5.14.